The topological polar surface area (TPSA) is 82.8 Å². The predicted molar refractivity (Wildman–Crippen MR) is 116 cm³/mol. The van der Waals surface area contributed by atoms with Gasteiger partial charge in [0.05, 0.1) is 6.54 Å². The van der Waals surface area contributed by atoms with E-state index in [2.05, 4.69) is 15.6 Å². The summed E-state index contributed by atoms with van der Waals surface area (Å²) >= 11 is 1.65. The minimum Gasteiger partial charge on any atom is -0.357 e. The van der Waals surface area contributed by atoms with Gasteiger partial charge in [0.15, 0.2) is 5.96 Å². The number of aliphatic imine (C=N–C) groups is 1. The van der Waals surface area contributed by atoms with Gasteiger partial charge < -0.3 is 21.3 Å². The molecule has 1 aromatic rings. The lowest BCUT2D eigenvalue weighted by atomic mass is 10.1. The van der Waals surface area contributed by atoms with Crippen LogP contribution in [-0.2, 0) is 0 Å². The van der Waals surface area contributed by atoms with Crippen LogP contribution in [0.15, 0.2) is 34.2 Å². The van der Waals surface area contributed by atoms with E-state index in [4.69, 9.17) is 5.73 Å². The molecule has 0 aliphatic carbocycles. The van der Waals surface area contributed by atoms with Crippen LogP contribution in [0.4, 0.5) is 9.18 Å². The van der Waals surface area contributed by atoms with Crippen LogP contribution >= 0.6 is 35.7 Å². The van der Waals surface area contributed by atoms with E-state index in [0.29, 0.717) is 19.6 Å². The van der Waals surface area contributed by atoms with Gasteiger partial charge >= 0.3 is 6.03 Å². The number of carbonyl (C=O) groups is 1. The minimum absolute atomic E-state index is 0. The summed E-state index contributed by atoms with van der Waals surface area (Å²) in [6.07, 6.45) is 1.72. The molecule has 0 saturated carbocycles. The molecule has 1 aliphatic heterocycles. The van der Waals surface area contributed by atoms with Gasteiger partial charge in [-0.15, -0.1) is 35.7 Å². The normalized spacial score (nSPS) is 15.3. The van der Waals surface area contributed by atoms with E-state index < -0.39 is 0 Å². The molecule has 26 heavy (non-hydrogen) atoms. The number of benzene rings is 1. The van der Waals surface area contributed by atoms with E-state index in [1.54, 1.807) is 28.8 Å². The number of nitrogens with one attached hydrogen (secondary N) is 2. The van der Waals surface area contributed by atoms with Gasteiger partial charge in [-0.3, -0.25) is 4.99 Å². The van der Waals surface area contributed by atoms with Crippen molar-refractivity contribution in [3.8, 4) is 0 Å². The van der Waals surface area contributed by atoms with Gasteiger partial charge in [0, 0.05) is 36.3 Å². The van der Waals surface area contributed by atoms with Crippen molar-refractivity contribution in [3.63, 3.8) is 0 Å². The lowest BCUT2D eigenvalue weighted by Gasteiger charge is -2.32. The molecule has 2 rings (SSSR count). The van der Waals surface area contributed by atoms with Crippen molar-refractivity contribution in [2.45, 2.75) is 30.7 Å². The van der Waals surface area contributed by atoms with E-state index in [-0.39, 0.29) is 41.9 Å². The fourth-order valence-electron chi connectivity index (χ4n) is 2.61. The highest BCUT2D eigenvalue weighted by molar-refractivity contribution is 14.0. The quantitative estimate of drug-likeness (QED) is 0.186. The summed E-state index contributed by atoms with van der Waals surface area (Å²) in [6.45, 7) is 4.83. The number of thioether (sulfide) groups is 1. The number of nitrogens with two attached hydrogens (primary N) is 1. The number of likely N-dealkylation sites (tertiary alicyclic amines) is 1. The molecule has 6 nitrogen and oxygen atoms in total. The summed E-state index contributed by atoms with van der Waals surface area (Å²) in [5, 5.41) is 6.67. The first-order chi connectivity index (χ1) is 12.1. The Morgan fingerprint density at radius 1 is 1.35 bits per heavy atom. The highest BCUT2D eigenvalue weighted by Gasteiger charge is 2.21. The Hall–Kier alpha value is -1.23. The first-order valence-corrected chi connectivity index (χ1v) is 9.54. The third-order valence-electron chi connectivity index (χ3n) is 3.94. The number of hydrogen-bond donors (Lipinski definition) is 3. The lowest BCUT2D eigenvalue weighted by molar-refractivity contribution is 0.188. The summed E-state index contributed by atoms with van der Waals surface area (Å²) in [4.78, 5) is 18.5. The molecule has 1 heterocycles. The van der Waals surface area contributed by atoms with Crippen molar-refractivity contribution >= 4 is 47.7 Å². The number of hydrogen-bond acceptors (Lipinski definition) is 3. The first-order valence-electron chi connectivity index (χ1n) is 8.56. The van der Waals surface area contributed by atoms with E-state index in [0.717, 1.165) is 36.0 Å². The Bertz CT molecular complexity index is 579. The molecule has 146 valence electrons. The van der Waals surface area contributed by atoms with Crippen LogP contribution in [0.3, 0.4) is 0 Å². The molecule has 0 radical (unpaired) electrons. The van der Waals surface area contributed by atoms with Gasteiger partial charge in [0.1, 0.15) is 5.82 Å². The third-order valence-corrected chi connectivity index (χ3v) is 4.93. The average molecular weight is 495 g/mol. The maximum absolute atomic E-state index is 12.9. The highest BCUT2D eigenvalue weighted by atomic mass is 127. The maximum atomic E-state index is 12.9. The van der Waals surface area contributed by atoms with Crippen LogP contribution < -0.4 is 16.4 Å². The Morgan fingerprint density at radius 3 is 2.58 bits per heavy atom. The number of rotatable bonds is 6. The van der Waals surface area contributed by atoms with Crippen LogP contribution in [0.25, 0.3) is 0 Å². The van der Waals surface area contributed by atoms with E-state index >= 15 is 0 Å². The van der Waals surface area contributed by atoms with Gasteiger partial charge in [-0.2, -0.15) is 0 Å². The number of amides is 2. The zero-order chi connectivity index (χ0) is 18.1. The van der Waals surface area contributed by atoms with Gasteiger partial charge in [0.2, 0.25) is 0 Å². The summed E-state index contributed by atoms with van der Waals surface area (Å²) in [5.74, 6) is 1.39. The van der Waals surface area contributed by atoms with Gasteiger partial charge in [-0.05, 0) is 44.0 Å². The third kappa shape index (κ3) is 7.98. The highest BCUT2D eigenvalue weighted by Crippen LogP contribution is 2.17. The zero-order valence-electron chi connectivity index (χ0n) is 14.9. The standard InChI is InChI=1S/C17H26FN5OS.HI/c1-2-20-17(22-14-7-10-23(11-8-14)16(19)24)21-9-12-25-15-5-3-13(18)4-6-15;/h3-6,14H,2,7-12H2,1H3,(H2,19,24)(H2,20,21,22);1H. The fourth-order valence-corrected chi connectivity index (χ4v) is 3.36. The van der Waals surface area contributed by atoms with Gasteiger partial charge in [-0.1, -0.05) is 0 Å². The Kier molecular flexibility index (Phi) is 10.7. The van der Waals surface area contributed by atoms with Gasteiger partial charge in [-0.25, -0.2) is 9.18 Å². The number of carbonyl (C=O) groups excluding carboxylic acids is 1. The molecule has 0 aromatic heterocycles. The monoisotopic (exact) mass is 495 g/mol. The van der Waals surface area contributed by atoms with Crippen LogP contribution in [0, 0.1) is 5.82 Å². The first kappa shape index (κ1) is 22.8. The number of guanidine groups is 1. The van der Waals surface area contributed by atoms with Crippen molar-refractivity contribution in [2.75, 3.05) is 31.9 Å². The minimum atomic E-state index is -0.350. The predicted octanol–water partition coefficient (Wildman–Crippen LogP) is 2.63. The van der Waals surface area contributed by atoms with E-state index in [1.807, 2.05) is 6.92 Å². The molecule has 9 heteroatoms. The summed E-state index contributed by atoms with van der Waals surface area (Å²) < 4.78 is 12.9. The smallest absolute Gasteiger partial charge is 0.314 e. The zero-order valence-corrected chi connectivity index (χ0v) is 18.1. The SMILES string of the molecule is CCNC(=NCCSc1ccc(F)cc1)NC1CCN(C(N)=O)CC1.I. The van der Waals surface area contributed by atoms with Crippen LogP contribution in [-0.4, -0.2) is 54.9 Å². The Labute approximate surface area is 175 Å². The van der Waals surface area contributed by atoms with Crippen LogP contribution in [0.2, 0.25) is 0 Å². The molecule has 0 spiro atoms. The molecule has 0 atom stereocenters. The largest absolute Gasteiger partial charge is 0.357 e. The second kappa shape index (κ2) is 12.2. The van der Waals surface area contributed by atoms with Crippen molar-refractivity contribution in [1.82, 2.24) is 15.5 Å². The molecule has 4 N–H and O–H groups in total. The fraction of sp³-hybridized carbons (Fsp3) is 0.529. The van der Waals surface area contributed by atoms with Crippen LogP contribution in [0.5, 0.6) is 0 Å². The second-order valence-corrected chi connectivity index (χ2v) is 6.98. The summed E-state index contributed by atoms with van der Waals surface area (Å²) in [7, 11) is 0. The van der Waals surface area contributed by atoms with E-state index in [1.165, 1.54) is 12.1 Å². The maximum Gasteiger partial charge on any atom is 0.314 e. The number of nitrogens with zero attached hydrogens (tertiary/aromatic N) is 2. The molecule has 1 fully saturated rings. The summed E-state index contributed by atoms with van der Waals surface area (Å²) in [5.41, 5.74) is 5.31. The summed E-state index contributed by atoms with van der Waals surface area (Å²) in [6, 6.07) is 6.43. The molecular weight excluding hydrogens is 468 g/mol. The number of primary amides is 1. The average Bonchev–Trinajstić information content (AvgIpc) is 2.61. The molecule has 1 aromatic carbocycles. The number of halogens is 2. The Balaban J connectivity index is 0.00000338. The van der Waals surface area contributed by atoms with E-state index in [9.17, 15) is 9.18 Å². The molecule has 0 bridgehead atoms. The van der Waals surface area contributed by atoms with Gasteiger partial charge in [0.25, 0.3) is 0 Å². The second-order valence-electron chi connectivity index (χ2n) is 5.81. The molecular formula is C17H27FIN5OS. The van der Waals surface area contributed by atoms with Crippen molar-refractivity contribution in [1.29, 1.82) is 0 Å². The molecule has 2 amide bonds. The van der Waals surface area contributed by atoms with Crippen molar-refractivity contribution in [3.05, 3.63) is 30.1 Å². The van der Waals surface area contributed by atoms with Crippen molar-refractivity contribution < 1.29 is 9.18 Å². The molecule has 1 aliphatic rings. The van der Waals surface area contributed by atoms with Crippen LogP contribution in [0.1, 0.15) is 19.8 Å². The van der Waals surface area contributed by atoms with Crippen molar-refractivity contribution in [2.24, 2.45) is 10.7 Å². The molecule has 1 saturated heterocycles. The number of urea groups is 1. The molecule has 0 unspecified atom stereocenters. The number of piperidine rings is 1. The Morgan fingerprint density at radius 2 is 2.00 bits per heavy atom. The lowest BCUT2D eigenvalue weighted by Crippen LogP contribution is -2.50.